The molecule has 8 heteroatoms. The van der Waals surface area contributed by atoms with E-state index in [4.69, 9.17) is 16.6 Å². The number of fused-ring (bicyclic) bond motifs is 1. The molecule has 0 amide bonds. The molecule has 162 valence electrons. The first-order valence-corrected chi connectivity index (χ1v) is 10.7. The molecule has 4 aromatic heterocycles. The molecule has 0 saturated carbocycles. The lowest BCUT2D eigenvalue weighted by atomic mass is 10.1. The van der Waals surface area contributed by atoms with Crippen LogP contribution in [-0.2, 0) is 13.1 Å². The van der Waals surface area contributed by atoms with Gasteiger partial charge < -0.3 is 5.32 Å². The molecule has 0 unspecified atom stereocenters. The second kappa shape index (κ2) is 9.18. The number of anilines is 1. The maximum atomic E-state index is 13.5. The van der Waals surface area contributed by atoms with E-state index in [1.165, 1.54) is 0 Å². The van der Waals surface area contributed by atoms with E-state index in [9.17, 15) is 4.79 Å². The molecule has 0 aliphatic carbocycles. The molecule has 7 nitrogen and oxygen atoms in total. The minimum Gasteiger partial charge on any atom is -0.361 e. The number of halogens is 1. The molecule has 0 fully saturated rings. The normalized spacial score (nSPS) is 10.9. The Morgan fingerprint density at radius 2 is 1.67 bits per heavy atom. The summed E-state index contributed by atoms with van der Waals surface area (Å²) < 4.78 is 1.62. The Bertz CT molecular complexity index is 1470. The van der Waals surface area contributed by atoms with Gasteiger partial charge >= 0.3 is 0 Å². The zero-order valence-corrected chi connectivity index (χ0v) is 18.3. The van der Waals surface area contributed by atoms with Crippen LogP contribution >= 0.6 is 11.6 Å². The van der Waals surface area contributed by atoms with Crippen LogP contribution in [0, 0.1) is 0 Å². The summed E-state index contributed by atoms with van der Waals surface area (Å²) in [5.74, 6) is 0.257. The third-order valence-corrected chi connectivity index (χ3v) is 5.39. The van der Waals surface area contributed by atoms with Gasteiger partial charge in [0.15, 0.2) is 11.5 Å². The monoisotopic (exact) mass is 454 g/mol. The van der Waals surface area contributed by atoms with Crippen LogP contribution in [0.15, 0.2) is 90.2 Å². The van der Waals surface area contributed by atoms with E-state index in [1.54, 1.807) is 29.4 Å². The van der Waals surface area contributed by atoms with E-state index < -0.39 is 0 Å². The summed E-state index contributed by atoms with van der Waals surface area (Å²) in [6.45, 7) is 0.752. The molecule has 4 heterocycles. The molecule has 0 spiro atoms. The van der Waals surface area contributed by atoms with Crippen LogP contribution in [0.3, 0.4) is 0 Å². The molecule has 0 atom stereocenters. The fourth-order valence-corrected chi connectivity index (χ4v) is 3.74. The maximum Gasteiger partial charge on any atom is 0.295 e. The molecule has 5 aromatic rings. The van der Waals surface area contributed by atoms with Gasteiger partial charge in [-0.1, -0.05) is 35.9 Å². The Balaban J connectivity index is 1.61. The Kier molecular flexibility index (Phi) is 5.78. The summed E-state index contributed by atoms with van der Waals surface area (Å²) in [5.41, 5.74) is 4.26. The molecule has 0 saturated heterocycles. The summed E-state index contributed by atoms with van der Waals surface area (Å²) in [5, 5.41) is 3.78. The third-order valence-electron chi connectivity index (χ3n) is 5.16. The first-order valence-electron chi connectivity index (χ1n) is 10.4. The highest BCUT2D eigenvalue weighted by atomic mass is 35.5. The van der Waals surface area contributed by atoms with E-state index in [1.807, 2.05) is 60.7 Å². The summed E-state index contributed by atoms with van der Waals surface area (Å²) in [4.78, 5) is 31.1. The molecule has 1 N–H and O–H groups in total. The molecule has 0 radical (unpaired) electrons. The van der Waals surface area contributed by atoms with Crippen LogP contribution < -0.4 is 10.9 Å². The first-order chi connectivity index (χ1) is 16.2. The van der Waals surface area contributed by atoms with E-state index in [0.717, 1.165) is 16.7 Å². The highest BCUT2D eigenvalue weighted by molar-refractivity contribution is 6.30. The van der Waals surface area contributed by atoms with Crippen molar-refractivity contribution in [3.05, 3.63) is 112 Å². The summed E-state index contributed by atoms with van der Waals surface area (Å²) >= 11 is 6.17. The van der Waals surface area contributed by atoms with Crippen LogP contribution in [-0.4, -0.2) is 24.5 Å². The topological polar surface area (TPSA) is 85.6 Å². The Morgan fingerprint density at radius 3 is 2.39 bits per heavy atom. The number of hydrogen-bond acceptors (Lipinski definition) is 6. The quantitative estimate of drug-likeness (QED) is 0.404. The average Bonchev–Trinajstić information content (AvgIpc) is 2.86. The first kappa shape index (κ1) is 20.8. The number of nitrogens with one attached hydrogen (secondary N) is 1. The van der Waals surface area contributed by atoms with Gasteiger partial charge in [-0.25, -0.2) is 9.97 Å². The van der Waals surface area contributed by atoms with Gasteiger partial charge in [-0.2, -0.15) is 0 Å². The van der Waals surface area contributed by atoms with E-state index in [2.05, 4.69) is 20.3 Å². The largest absolute Gasteiger partial charge is 0.361 e. The third kappa shape index (κ3) is 4.58. The summed E-state index contributed by atoms with van der Waals surface area (Å²) in [7, 11) is 0. The zero-order chi connectivity index (χ0) is 22.6. The molecule has 33 heavy (non-hydrogen) atoms. The average molecular weight is 455 g/mol. The standard InChI is InChI=1S/C25H19ClN6O/c26-20-7-1-6-19(12-20)21-8-9-22-24(31-21)32(16-18-5-3-11-28-14-18)25(33)23(30-22)29-15-17-4-2-10-27-13-17/h1-14H,15-16H2,(H,29,30). The summed E-state index contributed by atoms with van der Waals surface area (Å²) in [6.07, 6.45) is 6.90. The van der Waals surface area contributed by atoms with E-state index >= 15 is 0 Å². The highest BCUT2D eigenvalue weighted by Gasteiger charge is 2.14. The van der Waals surface area contributed by atoms with Crippen molar-refractivity contribution in [2.75, 3.05) is 5.32 Å². The van der Waals surface area contributed by atoms with Gasteiger partial charge in [-0.15, -0.1) is 0 Å². The molecule has 0 bridgehead atoms. The van der Waals surface area contributed by atoms with Crippen LogP contribution in [0.5, 0.6) is 0 Å². The lowest BCUT2D eigenvalue weighted by Gasteiger charge is -2.14. The van der Waals surface area contributed by atoms with Crippen molar-refractivity contribution in [1.82, 2.24) is 24.5 Å². The van der Waals surface area contributed by atoms with Crippen molar-refractivity contribution in [3.63, 3.8) is 0 Å². The van der Waals surface area contributed by atoms with E-state index in [0.29, 0.717) is 35.0 Å². The van der Waals surface area contributed by atoms with Crippen LogP contribution in [0.4, 0.5) is 5.82 Å². The van der Waals surface area contributed by atoms with Crippen molar-refractivity contribution < 1.29 is 0 Å². The zero-order valence-electron chi connectivity index (χ0n) is 17.5. The van der Waals surface area contributed by atoms with Gasteiger partial charge in [0, 0.05) is 41.9 Å². The van der Waals surface area contributed by atoms with Gasteiger partial charge in [0.2, 0.25) is 0 Å². The molecule has 1 aromatic carbocycles. The molecular weight excluding hydrogens is 436 g/mol. The number of benzene rings is 1. The number of pyridine rings is 3. The second-order valence-electron chi connectivity index (χ2n) is 7.48. The molecule has 0 aliphatic rings. The maximum absolute atomic E-state index is 13.5. The minimum atomic E-state index is -0.258. The van der Waals surface area contributed by atoms with Crippen LogP contribution in [0.1, 0.15) is 11.1 Å². The van der Waals surface area contributed by atoms with Crippen LogP contribution in [0.25, 0.3) is 22.4 Å². The Morgan fingerprint density at radius 1 is 0.879 bits per heavy atom. The fraction of sp³-hybridized carbons (Fsp3) is 0.0800. The van der Waals surface area contributed by atoms with Gasteiger partial charge in [-0.3, -0.25) is 19.3 Å². The van der Waals surface area contributed by atoms with Crippen LogP contribution in [0.2, 0.25) is 5.02 Å². The van der Waals surface area contributed by atoms with Crippen molar-refractivity contribution in [3.8, 4) is 11.3 Å². The molecule has 5 rings (SSSR count). The van der Waals surface area contributed by atoms with E-state index in [-0.39, 0.29) is 11.4 Å². The van der Waals surface area contributed by atoms with Gasteiger partial charge in [-0.05, 0) is 47.5 Å². The highest BCUT2D eigenvalue weighted by Crippen LogP contribution is 2.23. The van der Waals surface area contributed by atoms with Gasteiger partial charge in [0.05, 0.1) is 12.2 Å². The van der Waals surface area contributed by atoms with Gasteiger partial charge in [0.1, 0.15) is 5.52 Å². The Hall–Kier alpha value is -4.10. The Labute approximate surface area is 194 Å². The van der Waals surface area contributed by atoms with Crippen molar-refractivity contribution in [2.24, 2.45) is 0 Å². The lowest BCUT2D eigenvalue weighted by Crippen LogP contribution is -2.26. The lowest BCUT2D eigenvalue weighted by molar-refractivity contribution is 0.772. The number of nitrogens with zero attached hydrogens (tertiary/aromatic N) is 5. The minimum absolute atomic E-state index is 0.257. The number of aromatic nitrogens is 5. The smallest absolute Gasteiger partial charge is 0.295 e. The number of hydrogen-bond donors (Lipinski definition) is 1. The SMILES string of the molecule is O=c1c(NCc2cccnc2)nc2ccc(-c3cccc(Cl)c3)nc2n1Cc1cccnc1. The van der Waals surface area contributed by atoms with Crippen molar-refractivity contribution in [1.29, 1.82) is 0 Å². The van der Waals surface area contributed by atoms with Crippen molar-refractivity contribution in [2.45, 2.75) is 13.1 Å². The van der Waals surface area contributed by atoms with Crippen molar-refractivity contribution >= 4 is 28.6 Å². The number of rotatable bonds is 6. The second-order valence-corrected chi connectivity index (χ2v) is 7.91. The predicted octanol–water partition coefficient (Wildman–Crippen LogP) is 4.56. The fourth-order valence-electron chi connectivity index (χ4n) is 3.55. The van der Waals surface area contributed by atoms with Gasteiger partial charge in [0.25, 0.3) is 5.56 Å². The molecule has 0 aliphatic heterocycles. The molecular formula is C25H19ClN6O. The predicted molar refractivity (Wildman–Crippen MR) is 129 cm³/mol. The summed E-state index contributed by atoms with van der Waals surface area (Å²) in [6, 6.07) is 18.8.